The van der Waals surface area contributed by atoms with Gasteiger partial charge in [-0.05, 0) is 39.2 Å². The number of hydrogen-bond acceptors (Lipinski definition) is 4. The summed E-state index contributed by atoms with van der Waals surface area (Å²) in [6.07, 6.45) is 3.81. The molecule has 0 saturated heterocycles. The lowest BCUT2D eigenvalue weighted by atomic mass is 9.92. The van der Waals surface area contributed by atoms with Crippen LogP contribution >= 0.6 is 0 Å². The van der Waals surface area contributed by atoms with Gasteiger partial charge in [-0.3, -0.25) is 0 Å². The predicted molar refractivity (Wildman–Crippen MR) is 79.7 cm³/mol. The highest BCUT2D eigenvalue weighted by Gasteiger charge is 2.29. The number of nitrogens with zero attached hydrogens (tertiary/aromatic N) is 3. The summed E-state index contributed by atoms with van der Waals surface area (Å²) in [5.74, 6) is 1.22. The monoisotopic (exact) mass is 274 g/mol. The molecule has 1 fully saturated rings. The van der Waals surface area contributed by atoms with Gasteiger partial charge in [-0.1, -0.05) is 12.8 Å². The van der Waals surface area contributed by atoms with E-state index in [4.69, 9.17) is 5.73 Å². The lowest BCUT2D eigenvalue weighted by molar-refractivity contribution is 0.0764. The molecule has 1 aliphatic carbocycles. The van der Waals surface area contributed by atoms with Crippen molar-refractivity contribution in [1.29, 1.82) is 0 Å². The second kappa shape index (κ2) is 4.74. The largest absolute Gasteiger partial charge is 0.391 e. The van der Waals surface area contributed by atoms with E-state index in [1.54, 1.807) is 0 Å². The Labute approximate surface area is 118 Å². The van der Waals surface area contributed by atoms with E-state index in [1.807, 2.05) is 6.92 Å². The van der Waals surface area contributed by atoms with Gasteiger partial charge < -0.3 is 15.4 Å². The smallest absolute Gasteiger partial charge is 0.146 e. The zero-order valence-electron chi connectivity index (χ0n) is 12.3. The van der Waals surface area contributed by atoms with Gasteiger partial charge in [0.1, 0.15) is 17.3 Å². The molecule has 2 atom stereocenters. The van der Waals surface area contributed by atoms with Gasteiger partial charge in [-0.15, -0.1) is 0 Å². The van der Waals surface area contributed by atoms with E-state index in [1.165, 1.54) is 0 Å². The summed E-state index contributed by atoms with van der Waals surface area (Å²) in [6.45, 7) is 5.99. The lowest BCUT2D eigenvalue weighted by Gasteiger charge is -2.30. The number of aromatic nitrogens is 3. The number of nitrogen functional groups attached to an aromatic ring is 1. The number of nitrogens with two attached hydrogens (primary N) is 1. The standard InChI is InChI=1S/C15H22N4O/c1-8-9(2)19(11-6-4-5-7-12(11)20)15-13(8)14(16)17-10(3)18-15/h11-12,20H,4-7H2,1-3H3,(H2,16,17,18). The molecule has 2 aromatic rings. The van der Waals surface area contributed by atoms with Gasteiger partial charge in [0.25, 0.3) is 0 Å². The van der Waals surface area contributed by atoms with Crippen molar-refractivity contribution in [3.05, 3.63) is 17.1 Å². The molecule has 3 rings (SSSR count). The second-order valence-electron chi connectivity index (χ2n) is 5.85. The Balaban J connectivity index is 2.27. The predicted octanol–water partition coefficient (Wildman–Crippen LogP) is 2.41. The van der Waals surface area contributed by atoms with Gasteiger partial charge in [-0.2, -0.15) is 0 Å². The number of aliphatic hydroxyl groups excluding tert-OH is 1. The quantitative estimate of drug-likeness (QED) is 0.837. The molecule has 0 amide bonds. The molecule has 2 aromatic heterocycles. The molecule has 3 N–H and O–H groups in total. The van der Waals surface area contributed by atoms with Crippen LogP contribution in [0.3, 0.4) is 0 Å². The molecule has 2 heterocycles. The minimum absolute atomic E-state index is 0.105. The van der Waals surface area contributed by atoms with E-state index >= 15 is 0 Å². The average Bonchev–Trinajstić information content (AvgIpc) is 2.63. The molecule has 1 saturated carbocycles. The number of fused-ring (bicyclic) bond motifs is 1. The van der Waals surface area contributed by atoms with Crippen LogP contribution in [0.25, 0.3) is 11.0 Å². The van der Waals surface area contributed by atoms with Crippen molar-refractivity contribution < 1.29 is 5.11 Å². The van der Waals surface area contributed by atoms with Crippen molar-refractivity contribution in [3.63, 3.8) is 0 Å². The molecule has 0 bridgehead atoms. The summed E-state index contributed by atoms with van der Waals surface area (Å²) in [5.41, 5.74) is 9.21. The molecule has 5 nitrogen and oxygen atoms in total. The van der Waals surface area contributed by atoms with Gasteiger partial charge in [0.2, 0.25) is 0 Å². The maximum absolute atomic E-state index is 10.4. The third-order valence-electron chi connectivity index (χ3n) is 4.56. The van der Waals surface area contributed by atoms with Crippen LogP contribution in [0.2, 0.25) is 0 Å². The molecular formula is C15H22N4O. The summed E-state index contributed by atoms with van der Waals surface area (Å²) in [7, 11) is 0. The molecule has 1 aliphatic rings. The van der Waals surface area contributed by atoms with Crippen molar-refractivity contribution in [1.82, 2.24) is 14.5 Å². The van der Waals surface area contributed by atoms with Gasteiger partial charge >= 0.3 is 0 Å². The fourth-order valence-corrected chi connectivity index (χ4v) is 3.43. The molecule has 0 aliphatic heterocycles. The first kappa shape index (κ1) is 13.4. The summed E-state index contributed by atoms with van der Waals surface area (Å²) in [5, 5.41) is 11.3. The van der Waals surface area contributed by atoms with Crippen LogP contribution in [0.15, 0.2) is 0 Å². The van der Waals surface area contributed by atoms with E-state index in [0.29, 0.717) is 11.6 Å². The van der Waals surface area contributed by atoms with Crippen LogP contribution in [0.5, 0.6) is 0 Å². The third kappa shape index (κ3) is 1.88. The van der Waals surface area contributed by atoms with E-state index < -0.39 is 0 Å². The lowest BCUT2D eigenvalue weighted by Crippen LogP contribution is -2.28. The number of hydrogen-bond donors (Lipinski definition) is 2. The zero-order valence-corrected chi connectivity index (χ0v) is 12.3. The Morgan fingerprint density at radius 3 is 2.55 bits per heavy atom. The van der Waals surface area contributed by atoms with E-state index in [9.17, 15) is 5.11 Å². The SMILES string of the molecule is Cc1nc(N)c2c(C)c(C)n(C3CCCCC3O)c2n1. The molecule has 0 radical (unpaired) electrons. The fraction of sp³-hybridized carbons (Fsp3) is 0.600. The Bertz CT molecular complexity index is 662. The minimum Gasteiger partial charge on any atom is -0.391 e. The number of rotatable bonds is 1. The number of anilines is 1. The minimum atomic E-state index is -0.297. The first-order chi connectivity index (χ1) is 9.50. The maximum Gasteiger partial charge on any atom is 0.146 e. The van der Waals surface area contributed by atoms with Crippen LogP contribution < -0.4 is 5.73 Å². The van der Waals surface area contributed by atoms with Crippen molar-refractivity contribution in [2.45, 2.75) is 58.6 Å². The highest BCUT2D eigenvalue weighted by molar-refractivity contribution is 5.91. The molecular weight excluding hydrogens is 252 g/mol. The third-order valence-corrected chi connectivity index (χ3v) is 4.56. The summed E-state index contributed by atoms with van der Waals surface area (Å²) in [4.78, 5) is 8.86. The van der Waals surface area contributed by atoms with E-state index in [0.717, 1.165) is 48.0 Å². The van der Waals surface area contributed by atoms with Crippen LogP contribution in [0.4, 0.5) is 5.82 Å². The number of aryl methyl sites for hydroxylation is 2. The van der Waals surface area contributed by atoms with Crippen molar-refractivity contribution in [2.75, 3.05) is 5.73 Å². The normalized spacial score (nSPS) is 23.4. The Morgan fingerprint density at radius 1 is 1.15 bits per heavy atom. The van der Waals surface area contributed by atoms with Crippen molar-refractivity contribution in [2.24, 2.45) is 0 Å². The number of aliphatic hydroxyl groups is 1. The van der Waals surface area contributed by atoms with Crippen LogP contribution in [-0.2, 0) is 0 Å². The summed E-state index contributed by atoms with van der Waals surface area (Å²) < 4.78 is 2.18. The highest BCUT2D eigenvalue weighted by Crippen LogP contribution is 2.36. The van der Waals surface area contributed by atoms with Crippen molar-refractivity contribution in [3.8, 4) is 0 Å². The molecule has 0 spiro atoms. The summed E-state index contributed by atoms with van der Waals surface area (Å²) in [6, 6.07) is 0.105. The molecule has 5 heteroatoms. The maximum atomic E-state index is 10.4. The van der Waals surface area contributed by atoms with E-state index in [2.05, 4.69) is 28.4 Å². The Kier molecular flexibility index (Phi) is 3.17. The van der Waals surface area contributed by atoms with Gasteiger partial charge in [0.05, 0.1) is 17.5 Å². The molecule has 2 unspecified atom stereocenters. The van der Waals surface area contributed by atoms with Crippen LogP contribution in [0, 0.1) is 20.8 Å². The molecule has 108 valence electrons. The molecule has 0 aromatic carbocycles. The van der Waals surface area contributed by atoms with Crippen molar-refractivity contribution >= 4 is 16.9 Å². The zero-order chi connectivity index (χ0) is 14.4. The first-order valence-electron chi connectivity index (χ1n) is 7.30. The van der Waals surface area contributed by atoms with Gasteiger partial charge in [-0.25, -0.2) is 9.97 Å². The van der Waals surface area contributed by atoms with Gasteiger partial charge in [0, 0.05) is 5.69 Å². The highest BCUT2D eigenvalue weighted by atomic mass is 16.3. The second-order valence-corrected chi connectivity index (χ2v) is 5.85. The Hall–Kier alpha value is -1.62. The molecule has 20 heavy (non-hydrogen) atoms. The van der Waals surface area contributed by atoms with Gasteiger partial charge in [0.15, 0.2) is 0 Å². The average molecular weight is 274 g/mol. The Morgan fingerprint density at radius 2 is 1.85 bits per heavy atom. The van der Waals surface area contributed by atoms with Crippen LogP contribution in [-0.4, -0.2) is 25.7 Å². The summed E-state index contributed by atoms with van der Waals surface area (Å²) >= 11 is 0. The fourth-order valence-electron chi connectivity index (χ4n) is 3.43. The topological polar surface area (TPSA) is 77.0 Å². The van der Waals surface area contributed by atoms with E-state index in [-0.39, 0.29) is 12.1 Å². The first-order valence-corrected chi connectivity index (χ1v) is 7.30. The van der Waals surface area contributed by atoms with Crippen LogP contribution in [0.1, 0.15) is 48.8 Å².